The maximum atomic E-state index is 10.4. The predicted molar refractivity (Wildman–Crippen MR) is 68.1 cm³/mol. The van der Waals surface area contributed by atoms with Gasteiger partial charge in [-0.1, -0.05) is 30.3 Å². The second kappa shape index (κ2) is 4.25. The highest BCUT2D eigenvalue weighted by molar-refractivity contribution is 5.21. The van der Waals surface area contributed by atoms with Gasteiger partial charge in [-0.05, 0) is 5.56 Å². The Morgan fingerprint density at radius 3 is 2.67 bits per heavy atom. The van der Waals surface area contributed by atoms with E-state index in [4.69, 9.17) is 23.7 Å². The van der Waals surface area contributed by atoms with Gasteiger partial charge in [-0.25, -0.2) is 0 Å². The standard InChI is InChI=1S/C15H16O6/c16-9-10-11(17-6-8-4-2-1-3-5-8)13-15(7-18-15)12(9)20-14(19-10)21-13/h1-5,9-14,16H,6-7H2/t9-,10+,11+,12-,13+,14-,15+/m0/s1. The predicted octanol–water partition coefficient (Wildman–Crippen LogP) is 0.182. The van der Waals surface area contributed by atoms with Crippen molar-refractivity contribution in [1.82, 2.24) is 0 Å². The third kappa shape index (κ3) is 1.69. The third-order valence-corrected chi connectivity index (χ3v) is 4.78. The molecule has 6 rings (SSSR count). The van der Waals surface area contributed by atoms with E-state index in [-0.39, 0.29) is 18.3 Å². The first-order valence-electron chi connectivity index (χ1n) is 7.22. The zero-order valence-electron chi connectivity index (χ0n) is 11.3. The van der Waals surface area contributed by atoms with Crippen LogP contribution in [0.3, 0.4) is 0 Å². The lowest BCUT2D eigenvalue weighted by Gasteiger charge is -2.57. The van der Waals surface area contributed by atoms with E-state index in [1.54, 1.807) is 0 Å². The van der Waals surface area contributed by atoms with E-state index in [1.165, 1.54) is 0 Å². The molecule has 4 heterocycles. The van der Waals surface area contributed by atoms with Crippen molar-refractivity contribution in [2.24, 2.45) is 0 Å². The van der Waals surface area contributed by atoms with Gasteiger partial charge >= 0.3 is 0 Å². The number of rotatable bonds is 3. The van der Waals surface area contributed by atoms with Gasteiger partial charge in [0.2, 0.25) is 0 Å². The Morgan fingerprint density at radius 2 is 1.90 bits per heavy atom. The van der Waals surface area contributed by atoms with Crippen LogP contribution in [0.25, 0.3) is 0 Å². The molecule has 4 aliphatic heterocycles. The molecule has 0 radical (unpaired) electrons. The van der Waals surface area contributed by atoms with E-state index in [9.17, 15) is 5.11 Å². The monoisotopic (exact) mass is 292 g/mol. The summed E-state index contributed by atoms with van der Waals surface area (Å²) in [6.45, 7) is 0.272. The molecule has 6 heteroatoms. The number of hydrogen-bond acceptors (Lipinski definition) is 6. The van der Waals surface area contributed by atoms with Gasteiger partial charge in [-0.3, -0.25) is 0 Å². The number of hydrogen-bond donors (Lipinski definition) is 1. The van der Waals surface area contributed by atoms with Crippen LogP contribution in [0.15, 0.2) is 30.3 Å². The molecule has 6 nitrogen and oxygen atoms in total. The Morgan fingerprint density at radius 1 is 1.14 bits per heavy atom. The van der Waals surface area contributed by atoms with Crippen LogP contribution in [0, 0.1) is 0 Å². The molecule has 1 N–H and O–H groups in total. The summed E-state index contributed by atoms with van der Waals surface area (Å²) < 4.78 is 28.5. The summed E-state index contributed by atoms with van der Waals surface area (Å²) >= 11 is 0. The molecule has 0 unspecified atom stereocenters. The second-order valence-electron chi connectivity index (χ2n) is 6.00. The van der Waals surface area contributed by atoms with Crippen LogP contribution in [-0.4, -0.2) is 54.3 Å². The summed E-state index contributed by atoms with van der Waals surface area (Å²) in [5.41, 5.74) is 0.514. The molecule has 5 fully saturated rings. The summed E-state index contributed by atoms with van der Waals surface area (Å²) in [6, 6.07) is 9.90. The molecule has 4 bridgehead atoms. The Hall–Kier alpha value is -1.02. The molecule has 1 saturated carbocycles. The molecule has 112 valence electrons. The molecule has 21 heavy (non-hydrogen) atoms. The Balaban J connectivity index is 1.39. The number of benzene rings is 1. The minimum atomic E-state index is -0.746. The van der Waals surface area contributed by atoms with Crippen LogP contribution in [0.1, 0.15) is 5.56 Å². The minimum absolute atomic E-state index is 0.243. The SMILES string of the molecule is O[C@H]1[C@H]2O[C@@H]3O[C@H]([C@@H]2OCc2ccccc2)[C@@]2(CO2)[C@H]1O3. The molecular weight excluding hydrogens is 276 g/mol. The lowest BCUT2D eigenvalue weighted by molar-refractivity contribution is -0.481. The number of ether oxygens (including phenoxy) is 5. The molecule has 7 atom stereocenters. The molecule has 4 saturated heterocycles. The first-order chi connectivity index (χ1) is 10.3. The maximum absolute atomic E-state index is 10.4. The van der Waals surface area contributed by atoms with E-state index in [0.29, 0.717) is 13.2 Å². The average Bonchev–Trinajstić information content (AvgIpc) is 3.30. The van der Waals surface area contributed by atoms with Crippen LogP contribution in [0.5, 0.6) is 0 Å². The smallest absolute Gasteiger partial charge is 0.273 e. The lowest BCUT2D eigenvalue weighted by atomic mass is 9.76. The quantitative estimate of drug-likeness (QED) is 0.802. The van der Waals surface area contributed by atoms with Gasteiger partial charge in [0.15, 0.2) is 0 Å². The summed E-state index contributed by atoms with van der Waals surface area (Å²) in [7, 11) is 0. The van der Waals surface area contributed by atoms with Gasteiger partial charge in [0.25, 0.3) is 6.48 Å². The Labute approximate surface area is 121 Å². The molecule has 5 aliphatic rings. The molecule has 0 amide bonds. The maximum Gasteiger partial charge on any atom is 0.273 e. The van der Waals surface area contributed by atoms with Gasteiger partial charge in [0.1, 0.15) is 36.1 Å². The fourth-order valence-electron chi connectivity index (χ4n) is 3.64. The number of epoxide rings is 1. The largest absolute Gasteiger partial charge is 0.387 e. The van der Waals surface area contributed by atoms with E-state index < -0.39 is 24.3 Å². The molecule has 1 aromatic carbocycles. The van der Waals surface area contributed by atoms with Gasteiger partial charge in [0, 0.05) is 0 Å². The van der Waals surface area contributed by atoms with Gasteiger partial charge in [0.05, 0.1) is 13.2 Å². The van der Waals surface area contributed by atoms with Gasteiger partial charge < -0.3 is 28.8 Å². The summed E-state index contributed by atoms with van der Waals surface area (Å²) in [6.07, 6.45) is -2.14. The van der Waals surface area contributed by atoms with Crippen molar-refractivity contribution < 1.29 is 28.8 Å². The fourth-order valence-corrected chi connectivity index (χ4v) is 3.64. The van der Waals surface area contributed by atoms with Gasteiger partial charge in [-0.15, -0.1) is 0 Å². The fraction of sp³-hybridized carbons (Fsp3) is 0.600. The first-order valence-corrected chi connectivity index (χ1v) is 7.22. The Bertz CT molecular complexity index is 544. The van der Waals surface area contributed by atoms with Crippen LogP contribution in [-0.2, 0) is 30.3 Å². The summed E-state index contributed by atoms with van der Waals surface area (Å²) in [5.74, 6) is 0. The minimum Gasteiger partial charge on any atom is -0.387 e. The van der Waals surface area contributed by atoms with Crippen LogP contribution in [0.4, 0.5) is 0 Å². The topological polar surface area (TPSA) is 69.7 Å². The third-order valence-electron chi connectivity index (χ3n) is 4.78. The highest BCUT2D eigenvalue weighted by atomic mass is 16.9. The second-order valence-corrected chi connectivity index (χ2v) is 6.00. The summed E-state index contributed by atoms with van der Waals surface area (Å²) in [5, 5.41) is 10.4. The van der Waals surface area contributed by atoms with Crippen molar-refractivity contribution in [3.05, 3.63) is 35.9 Å². The highest BCUT2D eigenvalue weighted by Gasteiger charge is 2.75. The first kappa shape index (κ1) is 12.5. The van der Waals surface area contributed by atoms with E-state index in [0.717, 1.165) is 5.56 Å². The van der Waals surface area contributed by atoms with E-state index in [1.807, 2.05) is 30.3 Å². The summed E-state index contributed by atoms with van der Waals surface area (Å²) in [4.78, 5) is 0. The zero-order chi connectivity index (χ0) is 14.0. The van der Waals surface area contributed by atoms with E-state index in [2.05, 4.69) is 0 Å². The van der Waals surface area contributed by atoms with Crippen LogP contribution < -0.4 is 0 Å². The average molecular weight is 292 g/mol. The Kier molecular flexibility index (Phi) is 2.54. The normalized spacial score (nSPS) is 49.8. The van der Waals surface area contributed by atoms with E-state index >= 15 is 0 Å². The molecule has 1 aliphatic carbocycles. The van der Waals surface area contributed by atoms with Crippen molar-refractivity contribution in [1.29, 1.82) is 0 Å². The highest BCUT2D eigenvalue weighted by Crippen LogP contribution is 2.53. The molecule has 0 aromatic heterocycles. The molecule has 1 spiro atoms. The number of aliphatic hydroxyl groups is 1. The van der Waals surface area contributed by atoms with Crippen molar-refractivity contribution in [2.45, 2.75) is 49.2 Å². The van der Waals surface area contributed by atoms with Crippen LogP contribution >= 0.6 is 0 Å². The van der Waals surface area contributed by atoms with Crippen molar-refractivity contribution in [3.63, 3.8) is 0 Å². The van der Waals surface area contributed by atoms with Crippen molar-refractivity contribution in [2.75, 3.05) is 6.61 Å². The molecular formula is C15H16O6. The molecule has 1 aromatic rings. The lowest BCUT2D eigenvalue weighted by Crippen LogP contribution is -2.77. The zero-order valence-corrected chi connectivity index (χ0v) is 11.3. The van der Waals surface area contributed by atoms with Gasteiger partial charge in [-0.2, -0.15) is 0 Å². The van der Waals surface area contributed by atoms with Crippen molar-refractivity contribution >= 4 is 0 Å². The van der Waals surface area contributed by atoms with Crippen LogP contribution in [0.2, 0.25) is 0 Å². The number of aliphatic hydroxyl groups excluding tert-OH is 1. The van der Waals surface area contributed by atoms with Crippen molar-refractivity contribution in [3.8, 4) is 0 Å².